The Morgan fingerprint density at radius 3 is 0.773 bits per heavy atom. The fourth-order valence-electron chi connectivity index (χ4n) is 10.5. The number of aliphatic hydroxyl groups excluding tert-OH is 1. The van der Waals surface area contributed by atoms with Crippen LogP contribution >= 0.6 is 15.6 Å². The lowest BCUT2D eigenvalue weighted by Crippen LogP contribution is -2.30. The van der Waals surface area contributed by atoms with Crippen LogP contribution in [0, 0.1) is 5.92 Å². The average molecular weight is 1300 g/mol. The zero-order valence-electron chi connectivity index (χ0n) is 56.9. The van der Waals surface area contributed by atoms with Crippen LogP contribution in [0.5, 0.6) is 0 Å². The molecule has 3 N–H and O–H groups in total. The van der Waals surface area contributed by atoms with Crippen LogP contribution in [-0.4, -0.2) is 96.7 Å². The van der Waals surface area contributed by atoms with Crippen molar-refractivity contribution in [2.24, 2.45) is 5.92 Å². The van der Waals surface area contributed by atoms with Gasteiger partial charge in [-0.3, -0.25) is 37.3 Å². The van der Waals surface area contributed by atoms with Gasteiger partial charge in [0.2, 0.25) is 0 Å². The summed E-state index contributed by atoms with van der Waals surface area (Å²) >= 11 is 0. The Balaban J connectivity index is 5.08. The van der Waals surface area contributed by atoms with Gasteiger partial charge in [-0.2, -0.15) is 0 Å². The Labute approximate surface area is 537 Å². The molecule has 0 fully saturated rings. The number of unbranched alkanes of at least 4 members (excludes halogenated alkanes) is 41. The molecule has 0 heterocycles. The van der Waals surface area contributed by atoms with Gasteiger partial charge in [0, 0.05) is 25.7 Å². The highest BCUT2D eigenvalue weighted by Gasteiger charge is 2.30. The molecule has 0 aromatic carbocycles. The van der Waals surface area contributed by atoms with Crippen molar-refractivity contribution in [2.75, 3.05) is 39.6 Å². The van der Waals surface area contributed by atoms with Crippen molar-refractivity contribution in [3.8, 4) is 0 Å². The Morgan fingerprint density at radius 2 is 0.523 bits per heavy atom. The summed E-state index contributed by atoms with van der Waals surface area (Å²) in [5.41, 5.74) is 0. The molecule has 0 aliphatic heterocycles. The molecule has 5 atom stereocenters. The molecule has 0 bridgehead atoms. The quantitative estimate of drug-likeness (QED) is 0.0222. The van der Waals surface area contributed by atoms with Gasteiger partial charge in [-0.05, 0) is 31.6 Å². The van der Waals surface area contributed by atoms with Gasteiger partial charge in [0.15, 0.2) is 12.2 Å². The summed E-state index contributed by atoms with van der Waals surface area (Å²) in [6.45, 7) is 7.12. The van der Waals surface area contributed by atoms with Crippen molar-refractivity contribution in [2.45, 2.75) is 374 Å². The third-order valence-corrected chi connectivity index (χ3v) is 17.9. The maximum absolute atomic E-state index is 13.0. The molecule has 17 nitrogen and oxygen atoms in total. The van der Waals surface area contributed by atoms with Gasteiger partial charge in [0.05, 0.1) is 26.4 Å². The lowest BCUT2D eigenvalue weighted by atomic mass is 10.0. The van der Waals surface area contributed by atoms with E-state index in [0.717, 1.165) is 121 Å². The number of phosphoric acid groups is 2. The minimum atomic E-state index is -4.95. The molecule has 0 aliphatic rings. The lowest BCUT2D eigenvalue weighted by molar-refractivity contribution is -0.161. The monoisotopic (exact) mass is 1300 g/mol. The van der Waals surface area contributed by atoms with Gasteiger partial charge in [0.25, 0.3) is 0 Å². The molecule has 19 heteroatoms. The van der Waals surface area contributed by atoms with Crippen LogP contribution in [0.4, 0.5) is 0 Å². The van der Waals surface area contributed by atoms with Gasteiger partial charge in [-0.1, -0.05) is 304 Å². The number of hydrogen-bond acceptors (Lipinski definition) is 15. The van der Waals surface area contributed by atoms with E-state index in [9.17, 15) is 43.2 Å². The summed E-state index contributed by atoms with van der Waals surface area (Å²) in [7, 11) is -9.88. The zero-order valence-corrected chi connectivity index (χ0v) is 58.6. The largest absolute Gasteiger partial charge is 0.472 e. The second kappa shape index (κ2) is 62.5. The maximum Gasteiger partial charge on any atom is 0.472 e. The average Bonchev–Trinajstić information content (AvgIpc) is 3.63. The predicted molar refractivity (Wildman–Crippen MR) is 354 cm³/mol. The SMILES string of the molecule is CCCCCCCCCCCCCCCCCCCCCCCCC(=O)O[C@H](COC(=O)CCCCCCCCCCCC(C)C)COP(=O)(O)OC[C@@H](O)COP(=O)(O)OC[C@@H](COC(=O)CCCCCCCCC)OC(=O)CCCCCCCCC. The molecular weight excluding hydrogens is 1160 g/mol. The van der Waals surface area contributed by atoms with E-state index in [0.29, 0.717) is 25.7 Å². The summed E-state index contributed by atoms with van der Waals surface area (Å²) < 4.78 is 67.9. The standard InChI is InChI=1S/C69H134O17P2/c1-6-9-12-15-18-19-20-21-22-23-24-25-26-27-28-29-30-31-34-40-45-50-55-69(74)86-65(59-80-67(72)53-48-43-39-35-32-33-38-41-46-51-62(4)5)61-84-88(77,78)82-57-63(70)56-81-87(75,76)83-60-64(85-68(73)54-49-44-37-17-14-11-8-3)58-79-66(71)52-47-42-36-16-13-10-7-2/h62-65,70H,6-61H2,1-5H3,(H,75,76)(H,77,78)/t63-,64+,65+/m0/s1. The first-order chi connectivity index (χ1) is 42.5. The van der Waals surface area contributed by atoms with Crippen LogP contribution < -0.4 is 0 Å². The van der Waals surface area contributed by atoms with Gasteiger partial charge >= 0.3 is 39.5 Å². The molecule has 0 saturated carbocycles. The van der Waals surface area contributed by atoms with Crippen molar-refractivity contribution in [3.05, 3.63) is 0 Å². The smallest absolute Gasteiger partial charge is 0.462 e. The molecule has 2 unspecified atom stereocenters. The number of esters is 4. The fourth-order valence-corrected chi connectivity index (χ4v) is 12.0. The molecule has 0 aromatic heterocycles. The Kier molecular flexibility index (Phi) is 61.1. The summed E-state index contributed by atoms with van der Waals surface area (Å²) in [6, 6.07) is 0. The molecule has 0 aromatic rings. The van der Waals surface area contributed by atoms with E-state index in [4.69, 9.17) is 37.0 Å². The number of carbonyl (C=O) groups excluding carboxylic acids is 4. The summed E-state index contributed by atoms with van der Waals surface area (Å²) in [5, 5.41) is 10.5. The lowest BCUT2D eigenvalue weighted by Gasteiger charge is -2.21. The summed E-state index contributed by atoms with van der Waals surface area (Å²) in [4.78, 5) is 72.1. The zero-order chi connectivity index (χ0) is 64.9. The highest BCUT2D eigenvalue weighted by Crippen LogP contribution is 2.45. The van der Waals surface area contributed by atoms with E-state index in [2.05, 4.69) is 34.6 Å². The summed E-state index contributed by atoms with van der Waals surface area (Å²) in [6.07, 6.45) is 49.1. The van der Waals surface area contributed by atoms with Crippen molar-refractivity contribution >= 4 is 39.5 Å². The maximum atomic E-state index is 13.0. The van der Waals surface area contributed by atoms with Crippen molar-refractivity contribution < 1.29 is 80.2 Å². The van der Waals surface area contributed by atoms with Crippen LogP contribution in [0.15, 0.2) is 0 Å². The van der Waals surface area contributed by atoms with E-state index in [1.54, 1.807) is 0 Å². The second-order valence-corrected chi connectivity index (χ2v) is 28.3. The van der Waals surface area contributed by atoms with Crippen molar-refractivity contribution in [1.29, 1.82) is 0 Å². The van der Waals surface area contributed by atoms with Crippen LogP contribution in [0.3, 0.4) is 0 Å². The molecule has 0 spiro atoms. The van der Waals surface area contributed by atoms with Crippen molar-refractivity contribution in [1.82, 2.24) is 0 Å². The van der Waals surface area contributed by atoms with E-state index >= 15 is 0 Å². The Morgan fingerprint density at radius 1 is 0.307 bits per heavy atom. The van der Waals surface area contributed by atoms with Gasteiger partial charge < -0.3 is 33.8 Å². The number of carbonyl (C=O) groups is 4. The van der Waals surface area contributed by atoms with Crippen LogP contribution in [0.25, 0.3) is 0 Å². The van der Waals surface area contributed by atoms with E-state index in [-0.39, 0.29) is 25.7 Å². The number of hydrogen-bond donors (Lipinski definition) is 3. The minimum absolute atomic E-state index is 0.103. The fraction of sp³-hybridized carbons (Fsp3) is 0.942. The Bertz CT molecular complexity index is 1700. The van der Waals surface area contributed by atoms with Crippen LogP contribution in [0.1, 0.15) is 356 Å². The third kappa shape index (κ3) is 62.8. The Hall–Kier alpha value is -1.94. The molecule has 522 valence electrons. The normalized spacial score (nSPS) is 14.1. The van der Waals surface area contributed by atoms with Gasteiger partial charge in [-0.15, -0.1) is 0 Å². The highest BCUT2D eigenvalue weighted by molar-refractivity contribution is 7.47. The predicted octanol–water partition coefficient (Wildman–Crippen LogP) is 19.7. The molecule has 88 heavy (non-hydrogen) atoms. The molecule has 0 saturated heterocycles. The van der Waals surface area contributed by atoms with Crippen molar-refractivity contribution in [3.63, 3.8) is 0 Å². The first-order valence-electron chi connectivity index (χ1n) is 36.1. The number of phosphoric ester groups is 2. The van der Waals surface area contributed by atoms with Gasteiger partial charge in [-0.25, -0.2) is 9.13 Å². The number of rotatable bonds is 69. The summed E-state index contributed by atoms with van der Waals surface area (Å²) in [5.74, 6) is -1.39. The first-order valence-corrected chi connectivity index (χ1v) is 39.1. The number of ether oxygens (including phenoxy) is 4. The van der Waals surface area contributed by atoms with E-state index < -0.39 is 97.5 Å². The van der Waals surface area contributed by atoms with Gasteiger partial charge in [0.1, 0.15) is 19.3 Å². The molecule has 0 rings (SSSR count). The molecule has 0 amide bonds. The second-order valence-electron chi connectivity index (χ2n) is 25.4. The van der Waals surface area contributed by atoms with E-state index in [1.165, 1.54) is 154 Å². The van der Waals surface area contributed by atoms with Crippen LogP contribution in [-0.2, 0) is 65.4 Å². The van der Waals surface area contributed by atoms with E-state index in [1.807, 2.05) is 0 Å². The molecular formula is C69H134O17P2. The minimum Gasteiger partial charge on any atom is -0.462 e. The number of aliphatic hydroxyl groups is 1. The third-order valence-electron chi connectivity index (χ3n) is 16.0. The first kappa shape index (κ1) is 86.1. The molecule has 0 aliphatic carbocycles. The highest BCUT2D eigenvalue weighted by atomic mass is 31.2. The topological polar surface area (TPSA) is 237 Å². The molecule has 0 radical (unpaired) electrons. The van der Waals surface area contributed by atoms with Crippen LogP contribution in [0.2, 0.25) is 0 Å².